The minimum atomic E-state index is -3.09. The summed E-state index contributed by atoms with van der Waals surface area (Å²) in [5.41, 5.74) is 0. The lowest BCUT2D eigenvalue weighted by atomic mass is 10.1. The third kappa shape index (κ3) is 4.77. The molecule has 2 aliphatic heterocycles. The predicted octanol–water partition coefficient (Wildman–Crippen LogP) is 0.801. The van der Waals surface area contributed by atoms with E-state index >= 15 is 0 Å². The summed E-state index contributed by atoms with van der Waals surface area (Å²) in [6, 6.07) is 0.152. The van der Waals surface area contributed by atoms with Gasteiger partial charge in [-0.15, -0.1) is 0 Å². The SMILES string of the molecule is O=S(=O)(CC1CCCCN1)NCC1CCSC1. The molecule has 0 aliphatic carbocycles. The average molecular weight is 278 g/mol. The van der Waals surface area contributed by atoms with Crippen molar-refractivity contribution in [2.75, 3.05) is 30.3 Å². The number of sulfonamides is 1. The number of thioether (sulfide) groups is 1. The monoisotopic (exact) mass is 278 g/mol. The first-order chi connectivity index (χ1) is 8.16. The van der Waals surface area contributed by atoms with E-state index < -0.39 is 10.0 Å². The molecule has 2 saturated heterocycles. The maximum atomic E-state index is 11.9. The predicted molar refractivity (Wildman–Crippen MR) is 72.9 cm³/mol. The van der Waals surface area contributed by atoms with E-state index in [1.54, 1.807) is 0 Å². The third-order valence-corrected chi connectivity index (χ3v) is 6.13. The Hall–Kier alpha value is 0.220. The van der Waals surface area contributed by atoms with E-state index in [1.807, 2.05) is 11.8 Å². The van der Waals surface area contributed by atoms with Crippen LogP contribution in [0.1, 0.15) is 25.7 Å². The minimum Gasteiger partial charge on any atom is -0.313 e. The van der Waals surface area contributed by atoms with Crippen LogP contribution in [0.3, 0.4) is 0 Å². The number of hydrogen-bond donors (Lipinski definition) is 2. The summed E-state index contributed by atoms with van der Waals surface area (Å²) >= 11 is 1.92. The second-order valence-electron chi connectivity index (χ2n) is 5.01. The lowest BCUT2D eigenvalue weighted by Crippen LogP contribution is -2.43. The van der Waals surface area contributed by atoms with E-state index in [1.165, 1.54) is 12.2 Å². The van der Waals surface area contributed by atoms with E-state index in [2.05, 4.69) is 10.0 Å². The van der Waals surface area contributed by atoms with E-state index in [4.69, 9.17) is 0 Å². The lowest BCUT2D eigenvalue weighted by Gasteiger charge is -2.23. The summed E-state index contributed by atoms with van der Waals surface area (Å²) in [7, 11) is -3.09. The Morgan fingerprint density at radius 2 is 2.18 bits per heavy atom. The van der Waals surface area contributed by atoms with Crippen LogP contribution in [0, 0.1) is 5.92 Å². The van der Waals surface area contributed by atoms with Crippen LogP contribution in [0.2, 0.25) is 0 Å². The molecule has 6 heteroatoms. The summed E-state index contributed by atoms with van der Waals surface area (Å²) < 4.78 is 26.6. The molecule has 0 saturated carbocycles. The van der Waals surface area contributed by atoms with Crippen molar-refractivity contribution < 1.29 is 8.42 Å². The zero-order valence-corrected chi connectivity index (χ0v) is 11.8. The molecule has 0 amide bonds. The second-order valence-corrected chi connectivity index (χ2v) is 8.01. The van der Waals surface area contributed by atoms with Gasteiger partial charge in [-0.05, 0) is 43.2 Å². The van der Waals surface area contributed by atoms with Gasteiger partial charge in [-0.3, -0.25) is 0 Å². The van der Waals surface area contributed by atoms with Crippen LogP contribution >= 0.6 is 11.8 Å². The molecule has 2 heterocycles. The topological polar surface area (TPSA) is 58.2 Å². The standard InChI is InChI=1S/C11H22N2O2S2/c14-17(15,9-11-3-1-2-5-12-11)13-7-10-4-6-16-8-10/h10-13H,1-9H2. The van der Waals surface area contributed by atoms with Gasteiger partial charge in [-0.1, -0.05) is 6.42 Å². The summed E-state index contributed by atoms with van der Waals surface area (Å²) in [6.45, 7) is 1.58. The van der Waals surface area contributed by atoms with E-state index in [0.717, 1.165) is 31.6 Å². The molecule has 2 aliphatic rings. The van der Waals surface area contributed by atoms with Crippen LogP contribution in [0.15, 0.2) is 0 Å². The van der Waals surface area contributed by atoms with E-state index in [0.29, 0.717) is 12.5 Å². The first-order valence-electron chi connectivity index (χ1n) is 6.44. The fourth-order valence-corrected chi connectivity index (χ4v) is 5.09. The van der Waals surface area contributed by atoms with Crippen LogP contribution in [0.25, 0.3) is 0 Å². The van der Waals surface area contributed by atoms with Gasteiger partial charge >= 0.3 is 0 Å². The molecule has 0 spiro atoms. The van der Waals surface area contributed by atoms with Gasteiger partial charge in [-0.2, -0.15) is 11.8 Å². The fraction of sp³-hybridized carbons (Fsp3) is 1.00. The molecule has 0 aromatic heterocycles. The first-order valence-corrected chi connectivity index (χ1v) is 9.25. The Morgan fingerprint density at radius 3 is 2.82 bits per heavy atom. The summed E-state index contributed by atoms with van der Waals surface area (Å²) in [6.07, 6.45) is 4.45. The number of nitrogens with one attached hydrogen (secondary N) is 2. The van der Waals surface area contributed by atoms with E-state index in [9.17, 15) is 8.42 Å². The molecule has 2 rings (SSSR count). The molecule has 4 nitrogen and oxygen atoms in total. The normalized spacial score (nSPS) is 30.6. The Balaban J connectivity index is 1.73. The average Bonchev–Trinajstić information content (AvgIpc) is 2.80. The molecule has 2 unspecified atom stereocenters. The molecule has 2 fully saturated rings. The highest BCUT2D eigenvalue weighted by atomic mass is 32.2. The quantitative estimate of drug-likeness (QED) is 0.781. The van der Waals surface area contributed by atoms with Crippen LogP contribution < -0.4 is 10.0 Å². The molecule has 17 heavy (non-hydrogen) atoms. The van der Waals surface area contributed by atoms with Crippen molar-refractivity contribution in [1.82, 2.24) is 10.0 Å². The van der Waals surface area contributed by atoms with Gasteiger partial charge in [0.1, 0.15) is 0 Å². The zero-order valence-electron chi connectivity index (χ0n) is 10.2. The summed E-state index contributed by atoms with van der Waals surface area (Å²) in [5.74, 6) is 3.06. The Kier molecular flexibility index (Phi) is 5.14. The van der Waals surface area contributed by atoms with Gasteiger partial charge in [0.05, 0.1) is 5.75 Å². The van der Waals surface area contributed by atoms with E-state index in [-0.39, 0.29) is 11.8 Å². The fourth-order valence-electron chi connectivity index (χ4n) is 2.38. The zero-order chi connectivity index (χ0) is 12.1. The van der Waals surface area contributed by atoms with Gasteiger partial charge in [0.25, 0.3) is 0 Å². The van der Waals surface area contributed by atoms with Crippen molar-refractivity contribution >= 4 is 21.8 Å². The van der Waals surface area contributed by atoms with Crippen molar-refractivity contribution in [3.05, 3.63) is 0 Å². The maximum absolute atomic E-state index is 11.9. The molecule has 0 aromatic rings. The van der Waals surface area contributed by atoms with Crippen LogP contribution in [0.4, 0.5) is 0 Å². The third-order valence-electron chi connectivity index (χ3n) is 3.45. The first kappa shape index (κ1) is 13.6. The molecule has 0 radical (unpaired) electrons. The molecule has 2 N–H and O–H groups in total. The Morgan fingerprint density at radius 1 is 1.29 bits per heavy atom. The second kappa shape index (κ2) is 6.41. The van der Waals surface area contributed by atoms with Crippen LogP contribution in [0.5, 0.6) is 0 Å². The minimum absolute atomic E-state index is 0.152. The number of rotatable bonds is 5. The highest BCUT2D eigenvalue weighted by Gasteiger charge is 2.22. The molecular weight excluding hydrogens is 256 g/mol. The molecule has 0 bridgehead atoms. The summed E-state index contributed by atoms with van der Waals surface area (Å²) in [4.78, 5) is 0. The largest absolute Gasteiger partial charge is 0.313 e. The van der Waals surface area contributed by atoms with Gasteiger partial charge < -0.3 is 5.32 Å². The molecule has 100 valence electrons. The van der Waals surface area contributed by atoms with Gasteiger partial charge in [-0.25, -0.2) is 13.1 Å². The Bertz CT molecular complexity index is 320. The van der Waals surface area contributed by atoms with Gasteiger partial charge in [0, 0.05) is 12.6 Å². The van der Waals surface area contributed by atoms with Crippen molar-refractivity contribution in [3.63, 3.8) is 0 Å². The van der Waals surface area contributed by atoms with Crippen LogP contribution in [-0.2, 0) is 10.0 Å². The smallest absolute Gasteiger partial charge is 0.213 e. The molecule has 2 atom stereocenters. The van der Waals surface area contributed by atoms with Crippen molar-refractivity contribution in [3.8, 4) is 0 Å². The lowest BCUT2D eigenvalue weighted by molar-refractivity contribution is 0.421. The molecular formula is C11H22N2O2S2. The van der Waals surface area contributed by atoms with Crippen LogP contribution in [-0.4, -0.2) is 44.8 Å². The van der Waals surface area contributed by atoms with Gasteiger partial charge in [0.15, 0.2) is 0 Å². The number of hydrogen-bond acceptors (Lipinski definition) is 4. The Labute approximate surface area is 108 Å². The summed E-state index contributed by atoms with van der Waals surface area (Å²) in [5, 5.41) is 3.28. The van der Waals surface area contributed by atoms with Crippen molar-refractivity contribution in [1.29, 1.82) is 0 Å². The van der Waals surface area contributed by atoms with Crippen molar-refractivity contribution in [2.45, 2.75) is 31.7 Å². The van der Waals surface area contributed by atoms with Crippen molar-refractivity contribution in [2.24, 2.45) is 5.92 Å². The highest BCUT2D eigenvalue weighted by molar-refractivity contribution is 7.99. The number of piperidine rings is 1. The highest BCUT2D eigenvalue weighted by Crippen LogP contribution is 2.22. The maximum Gasteiger partial charge on any atom is 0.213 e. The molecule has 0 aromatic carbocycles. The van der Waals surface area contributed by atoms with Gasteiger partial charge in [0.2, 0.25) is 10.0 Å².